The van der Waals surface area contributed by atoms with E-state index in [0.717, 1.165) is 29.2 Å². The molecule has 0 bridgehead atoms. The zero-order valence-corrected chi connectivity index (χ0v) is 9.82. The second kappa shape index (κ2) is 4.41. The fourth-order valence-corrected chi connectivity index (χ4v) is 2.81. The monoisotopic (exact) mass is 243 g/mol. The molecule has 0 saturated heterocycles. The molecule has 15 heavy (non-hydrogen) atoms. The quantitative estimate of drug-likeness (QED) is 0.561. The predicted octanol–water partition coefficient (Wildman–Crippen LogP) is 2.31. The molecular formula is C10H10ClNO2S. The van der Waals surface area contributed by atoms with Crippen molar-refractivity contribution in [3.05, 3.63) is 28.0 Å². The van der Waals surface area contributed by atoms with Crippen LogP contribution in [0.2, 0.25) is 5.15 Å². The molecule has 0 unspecified atom stereocenters. The number of hydrogen-bond donors (Lipinski definition) is 0. The van der Waals surface area contributed by atoms with E-state index in [-0.39, 0.29) is 5.97 Å². The van der Waals surface area contributed by atoms with Gasteiger partial charge in [0.1, 0.15) is 5.15 Å². The Bertz CT molecular complexity index is 409. The smallest absolute Gasteiger partial charge is 0.338 e. The summed E-state index contributed by atoms with van der Waals surface area (Å²) in [6.45, 7) is 0. The zero-order chi connectivity index (χ0) is 10.8. The Labute approximate surface area is 97.2 Å². The van der Waals surface area contributed by atoms with E-state index in [1.807, 2.05) is 0 Å². The minimum Gasteiger partial charge on any atom is -0.465 e. The van der Waals surface area contributed by atoms with Crippen LogP contribution in [0.25, 0.3) is 0 Å². The number of rotatable bonds is 1. The van der Waals surface area contributed by atoms with E-state index in [4.69, 9.17) is 16.3 Å². The molecule has 3 nitrogen and oxygen atoms in total. The molecule has 0 radical (unpaired) electrons. The van der Waals surface area contributed by atoms with Gasteiger partial charge in [-0.3, -0.25) is 0 Å². The average molecular weight is 244 g/mol. The molecule has 0 spiro atoms. The lowest BCUT2D eigenvalue weighted by Gasteiger charge is -2.17. The molecule has 0 aromatic carbocycles. The van der Waals surface area contributed by atoms with Gasteiger partial charge in [0.25, 0.3) is 0 Å². The number of nitrogens with zero attached hydrogens (tertiary/aromatic N) is 1. The maximum Gasteiger partial charge on any atom is 0.338 e. The van der Waals surface area contributed by atoms with Crippen LogP contribution in [0.15, 0.2) is 6.07 Å². The molecule has 0 N–H and O–H groups in total. The first-order valence-corrected chi connectivity index (χ1v) is 6.10. The summed E-state index contributed by atoms with van der Waals surface area (Å²) < 4.78 is 4.72. The lowest BCUT2D eigenvalue weighted by Crippen LogP contribution is -2.13. The summed E-state index contributed by atoms with van der Waals surface area (Å²) in [5, 5.41) is 0.362. The van der Waals surface area contributed by atoms with Crippen LogP contribution >= 0.6 is 23.4 Å². The molecule has 80 valence electrons. The van der Waals surface area contributed by atoms with Gasteiger partial charge in [-0.25, -0.2) is 9.78 Å². The number of halogens is 1. The molecule has 1 aromatic heterocycles. The predicted molar refractivity (Wildman–Crippen MR) is 60.5 cm³/mol. The van der Waals surface area contributed by atoms with E-state index in [0.29, 0.717) is 10.7 Å². The number of thioether (sulfide) groups is 1. The van der Waals surface area contributed by atoms with Gasteiger partial charge in [-0.05, 0) is 23.8 Å². The maximum atomic E-state index is 11.5. The van der Waals surface area contributed by atoms with Crippen LogP contribution in [0.1, 0.15) is 21.6 Å². The Kier molecular flexibility index (Phi) is 3.17. The first kappa shape index (κ1) is 10.8. The SMILES string of the molecule is COC(=O)c1cc(Cl)nc2c1CSCC2. The Morgan fingerprint density at radius 3 is 3.20 bits per heavy atom. The number of fused-ring (bicyclic) bond motifs is 1. The van der Waals surface area contributed by atoms with Crippen LogP contribution in [0.4, 0.5) is 0 Å². The molecule has 1 aliphatic rings. The van der Waals surface area contributed by atoms with Gasteiger partial charge in [-0.1, -0.05) is 11.6 Å². The number of pyridine rings is 1. The number of carbonyl (C=O) groups excluding carboxylic acids is 1. The highest BCUT2D eigenvalue weighted by Gasteiger charge is 2.20. The summed E-state index contributed by atoms with van der Waals surface area (Å²) in [4.78, 5) is 15.8. The summed E-state index contributed by atoms with van der Waals surface area (Å²) in [5.74, 6) is 1.50. The minimum atomic E-state index is -0.335. The highest BCUT2D eigenvalue weighted by molar-refractivity contribution is 7.98. The Balaban J connectivity index is 2.52. The topological polar surface area (TPSA) is 39.2 Å². The van der Waals surface area contributed by atoms with E-state index < -0.39 is 0 Å². The van der Waals surface area contributed by atoms with Gasteiger partial charge in [0.05, 0.1) is 12.7 Å². The highest BCUT2D eigenvalue weighted by Crippen LogP contribution is 2.28. The van der Waals surface area contributed by atoms with Crippen LogP contribution in [0.5, 0.6) is 0 Å². The molecular weight excluding hydrogens is 234 g/mol. The fraction of sp³-hybridized carbons (Fsp3) is 0.400. The van der Waals surface area contributed by atoms with Crippen molar-refractivity contribution in [1.29, 1.82) is 0 Å². The standard InChI is InChI=1S/C10H10ClNO2S/c1-14-10(13)6-4-9(11)12-8-2-3-15-5-7(6)8/h4H,2-3,5H2,1H3. The first-order chi connectivity index (χ1) is 7.22. The highest BCUT2D eigenvalue weighted by atomic mass is 35.5. The Hall–Kier alpha value is -0.740. The van der Waals surface area contributed by atoms with E-state index in [2.05, 4.69) is 4.98 Å². The lowest BCUT2D eigenvalue weighted by atomic mass is 10.1. The van der Waals surface area contributed by atoms with Gasteiger partial charge in [-0.15, -0.1) is 0 Å². The normalized spacial score (nSPS) is 14.5. The largest absolute Gasteiger partial charge is 0.465 e. The number of esters is 1. The van der Waals surface area contributed by atoms with Crippen LogP contribution in [0.3, 0.4) is 0 Å². The third-order valence-electron chi connectivity index (χ3n) is 2.31. The van der Waals surface area contributed by atoms with Crippen molar-refractivity contribution in [2.24, 2.45) is 0 Å². The molecule has 0 fully saturated rings. The number of ether oxygens (including phenoxy) is 1. The summed E-state index contributed by atoms with van der Waals surface area (Å²) in [7, 11) is 1.37. The van der Waals surface area contributed by atoms with Gasteiger partial charge in [-0.2, -0.15) is 11.8 Å². The molecule has 5 heteroatoms. The van der Waals surface area contributed by atoms with Gasteiger partial charge in [0.2, 0.25) is 0 Å². The molecule has 0 amide bonds. The molecule has 2 rings (SSSR count). The fourth-order valence-electron chi connectivity index (χ4n) is 1.59. The van der Waals surface area contributed by atoms with Crippen LogP contribution in [0, 0.1) is 0 Å². The number of methoxy groups -OCH3 is 1. The number of carbonyl (C=O) groups is 1. The van der Waals surface area contributed by atoms with Crippen molar-refractivity contribution < 1.29 is 9.53 Å². The first-order valence-electron chi connectivity index (χ1n) is 4.56. The third-order valence-corrected chi connectivity index (χ3v) is 3.49. The Morgan fingerprint density at radius 2 is 2.47 bits per heavy atom. The van der Waals surface area contributed by atoms with Crippen molar-refractivity contribution in [3.63, 3.8) is 0 Å². The zero-order valence-electron chi connectivity index (χ0n) is 8.25. The molecule has 0 aliphatic carbocycles. The Morgan fingerprint density at radius 1 is 1.67 bits per heavy atom. The number of hydrogen-bond acceptors (Lipinski definition) is 4. The van der Waals surface area contributed by atoms with Crippen molar-refractivity contribution in [1.82, 2.24) is 4.98 Å². The maximum absolute atomic E-state index is 11.5. The molecule has 0 saturated carbocycles. The van der Waals surface area contributed by atoms with Crippen molar-refractivity contribution in [2.45, 2.75) is 12.2 Å². The van der Waals surface area contributed by atoms with Crippen molar-refractivity contribution >= 4 is 29.3 Å². The van der Waals surface area contributed by atoms with E-state index >= 15 is 0 Å². The molecule has 0 atom stereocenters. The van der Waals surface area contributed by atoms with E-state index in [1.165, 1.54) is 7.11 Å². The second-order valence-electron chi connectivity index (χ2n) is 3.21. The summed E-state index contributed by atoms with van der Waals surface area (Å²) in [5.41, 5.74) is 2.46. The van der Waals surface area contributed by atoms with Gasteiger partial charge in [0, 0.05) is 11.4 Å². The van der Waals surface area contributed by atoms with Gasteiger partial charge >= 0.3 is 5.97 Å². The van der Waals surface area contributed by atoms with E-state index in [1.54, 1.807) is 17.8 Å². The molecule has 1 aromatic rings. The summed E-state index contributed by atoms with van der Waals surface area (Å²) >= 11 is 7.65. The molecule has 1 aliphatic heterocycles. The molecule has 2 heterocycles. The van der Waals surface area contributed by atoms with Crippen LogP contribution in [-0.2, 0) is 16.9 Å². The van der Waals surface area contributed by atoms with Gasteiger partial charge < -0.3 is 4.74 Å². The summed E-state index contributed by atoms with van der Waals surface area (Å²) in [6.07, 6.45) is 0.866. The third kappa shape index (κ3) is 2.11. The lowest BCUT2D eigenvalue weighted by molar-refractivity contribution is 0.0599. The van der Waals surface area contributed by atoms with Gasteiger partial charge in [0.15, 0.2) is 0 Å². The number of aryl methyl sites for hydroxylation is 1. The van der Waals surface area contributed by atoms with Crippen LogP contribution in [-0.4, -0.2) is 23.8 Å². The minimum absolute atomic E-state index is 0.335. The summed E-state index contributed by atoms with van der Waals surface area (Å²) in [6, 6.07) is 1.58. The van der Waals surface area contributed by atoms with Crippen molar-refractivity contribution in [3.8, 4) is 0 Å². The average Bonchev–Trinajstić information content (AvgIpc) is 2.26. The van der Waals surface area contributed by atoms with Crippen LogP contribution < -0.4 is 0 Å². The second-order valence-corrected chi connectivity index (χ2v) is 4.70. The van der Waals surface area contributed by atoms with Crippen molar-refractivity contribution in [2.75, 3.05) is 12.9 Å². The number of aromatic nitrogens is 1. The van der Waals surface area contributed by atoms with E-state index in [9.17, 15) is 4.79 Å².